The first kappa shape index (κ1) is 15.8. The predicted octanol–water partition coefficient (Wildman–Crippen LogP) is 2.97. The van der Waals surface area contributed by atoms with Gasteiger partial charge in [-0.05, 0) is 17.7 Å². The molecule has 0 bridgehead atoms. The molecule has 0 radical (unpaired) electrons. The van der Waals surface area contributed by atoms with Crippen molar-refractivity contribution in [3.8, 4) is 0 Å². The number of carbonyl (C=O) groups is 2. The Bertz CT molecular complexity index is 834. The van der Waals surface area contributed by atoms with Gasteiger partial charge in [-0.15, -0.1) is 11.3 Å². The van der Waals surface area contributed by atoms with Crippen LogP contribution >= 0.6 is 11.3 Å². The molecule has 2 amide bonds. The van der Waals surface area contributed by atoms with Crippen molar-refractivity contribution in [1.29, 1.82) is 0 Å². The first-order valence-corrected chi connectivity index (χ1v) is 8.09. The quantitative estimate of drug-likeness (QED) is 0.749. The normalized spacial score (nSPS) is 10.2. The SMILES string of the molecule is O=C(Cc1ccccc1)Nc1nc(C(=O)Nc2cccnc2)cs1. The number of nitrogens with zero attached hydrogens (tertiary/aromatic N) is 2. The third-order valence-corrected chi connectivity index (χ3v) is 3.87. The van der Waals surface area contributed by atoms with Crippen molar-refractivity contribution in [2.45, 2.75) is 6.42 Å². The summed E-state index contributed by atoms with van der Waals surface area (Å²) in [4.78, 5) is 32.2. The van der Waals surface area contributed by atoms with Crippen molar-refractivity contribution in [3.63, 3.8) is 0 Å². The van der Waals surface area contributed by atoms with E-state index in [-0.39, 0.29) is 23.9 Å². The van der Waals surface area contributed by atoms with Gasteiger partial charge in [0.15, 0.2) is 5.13 Å². The molecule has 7 heteroatoms. The largest absolute Gasteiger partial charge is 0.319 e. The second kappa shape index (κ2) is 7.47. The summed E-state index contributed by atoms with van der Waals surface area (Å²) < 4.78 is 0. The van der Waals surface area contributed by atoms with Crippen LogP contribution in [0.2, 0.25) is 0 Å². The maximum absolute atomic E-state index is 12.1. The summed E-state index contributed by atoms with van der Waals surface area (Å²) in [6.07, 6.45) is 3.43. The van der Waals surface area contributed by atoms with Gasteiger partial charge in [-0.25, -0.2) is 4.98 Å². The van der Waals surface area contributed by atoms with E-state index in [9.17, 15) is 9.59 Å². The molecule has 0 saturated heterocycles. The second-order valence-corrected chi connectivity index (χ2v) is 5.80. The van der Waals surface area contributed by atoms with E-state index in [2.05, 4.69) is 20.6 Å². The molecule has 24 heavy (non-hydrogen) atoms. The highest BCUT2D eigenvalue weighted by Gasteiger charge is 2.13. The molecule has 0 fully saturated rings. The molecule has 2 aromatic heterocycles. The average molecular weight is 338 g/mol. The highest BCUT2D eigenvalue weighted by atomic mass is 32.1. The van der Waals surface area contributed by atoms with Crippen molar-refractivity contribution in [2.24, 2.45) is 0 Å². The maximum Gasteiger partial charge on any atom is 0.275 e. The molecule has 0 atom stereocenters. The third-order valence-electron chi connectivity index (χ3n) is 3.11. The van der Waals surface area contributed by atoms with Crippen LogP contribution in [0.4, 0.5) is 10.8 Å². The zero-order valence-corrected chi connectivity index (χ0v) is 13.4. The Morgan fingerprint density at radius 2 is 1.88 bits per heavy atom. The van der Waals surface area contributed by atoms with Crippen molar-refractivity contribution < 1.29 is 9.59 Å². The Morgan fingerprint density at radius 3 is 2.62 bits per heavy atom. The van der Waals surface area contributed by atoms with Gasteiger partial charge in [0, 0.05) is 11.6 Å². The zero-order chi connectivity index (χ0) is 16.8. The van der Waals surface area contributed by atoms with Crippen molar-refractivity contribution in [3.05, 3.63) is 71.5 Å². The second-order valence-electron chi connectivity index (χ2n) is 4.94. The van der Waals surface area contributed by atoms with E-state index >= 15 is 0 Å². The predicted molar refractivity (Wildman–Crippen MR) is 93.1 cm³/mol. The lowest BCUT2D eigenvalue weighted by molar-refractivity contribution is -0.115. The van der Waals surface area contributed by atoms with Crippen molar-refractivity contribution in [2.75, 3.05) is 10.6 Å². The highest BCUT2D eigenvalue weighted by Crippen LogP contribution is 2.17. The van der Waals surface area contributed by atoms with E-state index in [1.165, 1.54) is 11.3 Å². The Morgan fingerprint density at radius 1 is 1.04 bits per heavy atom. The molecule has 120 valence electrons. The summed E-state index contributed by atoms with van der Waals surface area (Å²) in [7, 11) is 0. The minimum absolute atomic E-state index is 0.172. The minimum atomic E-state index is -0.345. The van der Waals surface area contributed by atoms with Crippen LogP contribution in [0, 0.1) is 0 Å². The summed E-state index contributed by atoms with van der Waals surface area (Å²) in [6, 6.07) is 12.9. The molecule has 2 heterocycles. The minimum Gasteiger partial charge on any atom is -0.319 e. The van der Waals surface area contributed by atoms with Crippen molar-refractivity contribution >= 4 is 34.0 Å². The molecule has 0 aliphatic carbocycles. The standard InChI is InChI=1S/C17H14N4O2S/c22-15(9-12-5-2-1-3-6-12)21-17-20-14(11-24-17)16(23)19-13-7-4-8-18-10-13/h1-8,10-11H,9H2,(H,19,23)(H,20,21,22). The monoisotopic (exact) mass is 338 g/mol. The van der Waals surface area contributed by atoms with E-state index in [0.29, 0.717) is 10.8 Å². The van der Waals surface area contributed by atoms with Crippen LogP contribution in [0.5, 0.6) is 0 Å². The number of nitrogens with one attached hydrogen (secondary N) is 2. The van der Waals surface area contributed by atoms with Crippen LogP contribution in [-0.2, 0) is 11.2 Å². The zero-order valence-electron chi connectivity index (χ0n) is 12.6. The summed E-state index contributed by atoms with van der Waals surface area (Å²) >= 11 is 1.21. The van der Waals surface area contributed by atoms with Gasteiger partial charge in [-0.1, -0.05) is 30.3 Å². The summed E-state index contributed by atoms with van der Waals surface area (Å²) in [5.74, 6) is -0.516. The summed E-state index contributed by atoms with van der Waals surface area (Å²) in [5.41, 5.74) is 1.75. The van der Waals surface area contributed by atoms with E-state index < -0.39 is 0 Å². The molecule has 0 spiro atoms. The number of anilines is 2. The lowest BCUT2D eigenvalue weighted by Crippen LogP contribution is -2.15. The molecule has 0 aliphatic rings. The molecule has 0 saturated carbocycles. The van der Waals surface area contributed by atoms with E-state index in [1.807, 2.05) is 30.3 Å². The molecule has 3 rings (SSSR count). The molecular weight excluding hydrogens is 324 g/mol. The van der Waals surface area contributed by atoms with Gasteiger partial charge in [0.2, 0.25) is 5.91 Å². The first-order valence-electron chi connectivity index (χ1n) is 7.21. The van der Waals surface area contributed by atoms with Gasteiger partial charge in [-0.3, -0.25) is 14.6 Å². The number of amides is 2. The number of thiazole rings is 1. The average Bonchev–Trinajstić information content (AvgIpc) is 3.05. The molecule has 2 N–H and O–H groups in total. The number of carbonyl (C=O) groups excluding carboxylic acids is 2. The summed E-state index contributed by atoms with van der Waals surface area (Å²) in [5, 5.41) is 7.40. The van der Waals surface area contributed by atoms with Gasteiger partial charge in [0.1, 0.15) is 5.69 Å². The summed E-state index contributed by atoms with van der Waals surface area (Å²) in [6.45, 7) is 0. The van der Waals surface area contributed by atoms with E-state index in [4.69, 9.17) is 0 Å². The Balaban J connectivity index is 1.59. The Hall–Kier alpha value is -3.06. The third kappa shape index (κ3) is 4.23. The molecule has 0 unspecified atom stereocenters. The van der Waals surface area contributed by atoms with Gasteiger partial charge in [0.05, 0.1) is 18.3 Å². The number of rotatable bonds is 5. The Labute approximate surface area is 142 Å². The van der Waals surface area contributed by atoms with E-state index in [0.717, 1.165) is 5.56 Å². The molecular formula is C17H14N4O2S. The van der Waals surface area contributed by atoms with Gasteiger partial charge < -0.3 is 10.6 Å². The van der Waals surface area contributed by atoms with Crippen molar-refractivity contribution in [1.82, 2.24) is 9.97 Å². The van der Waals surface area contributed by atoms with Gasteiger partial charge >= 0.3 is 0 Å². The van der Waals surface area contributed by atoms with Gasteiger partial charge in [-0.2, -0.15) is 0 Å². The Kier molecular flexibility index (Phi) is 4.93. The number of hydrogen-bond acceptors (Lipinski definition) is 5. The van der Waals surface area contributed by atoms with Crippen LogP contribution in [-0.4, -0.2) is 21.8 Å². The first-order chi connectivity index (χ1) is 11.7. The molecule has 1 aromatic carbocycles. The smallest absolute Gasteiger partial charge is 0.275 e. The van der Waals surface area contributed by atoms with Crippen LogP contribution < -0.4 is 10.6 Å². The van der Waals surface area contributed by atoms with E-state index in [1.54, 1.807) is 29.9 Å². The number of pyridine rings is 1. The molecule has 3 aromatic rings. The maximum atomic E-state index is 12.1. The number of benzene rings is 1. The fourth-order valence-corrected chi connectivity index (χ4v) is 2.72. The molecule has 0 aliphatic heterocycles. The number of hydrogen-bond donors (Lipinski definition) is 2. The molecule has 6 nitrogen and oxygen atoms in total. The number of aromatic nitrogens is 2. The fourth-order valence-electron chi connectivity index (χ4n) is 2.01. The highest BCUT2D eigenvalue weighted by molar-refractivity contribution is 7.14. The van der Waals surface area contributed by atoms with Crippen LogP contribution in [0.1, 0.15) is 16.1 Å². The lowest BCUT2D eigenvalue weighted by Gasteiger charge is -2.02. The van der Waals surface area contributed by atoms with Crippen LogP contribution in [0.25, 0.3) is 0 Å². The van der Waals surface area contributed by atoms with Gasteiger partial charge in [0.25, 0.3) is 5.91 Å². The fraction of sp³-hybridized carbons (Fsp3) is 0.0588. The van der Waals surface area contributed by atoms with Crippen LogP contribution in [0.15, 0.2) is 60.2 Å². The lowest BCUT2D eigenvalue weighted by atomic mass is 10.1. The van der Waals surface area contributed by atoms with Crippen LogP contribution in [0.3, 0.4) is 0 Å². The topological polar surface area (TPSA) is 84.0 Å².